The van der Waals surface area contributed by atoms with Crippen LogP contribution in [0.3, 0.4) is 0 Å². The molecule has 0 aliphatic heterocycles. The number of rotatable bonds is 8. The zero-order valence-corrected chi connectivity index (χ0v) is 18.4. The minimum absolute atomic E-state index is 0.309. The van der Waals surface area contributed by atoms with Crippen molar-refractivity contribution in [1.82, 2.24) is 5.32 Å². The van der Waals surface area contributed by atoms with E-state index in [-0.39, 0.29) is 6.04 Å². The Morgan fingerprint density at radius 2 is 1.66 bits per heavy atom. The second-order valence-corrected chi connectivity index (χ2v) is 8.77. The molecular weight excluding hydrogens is 392 g/mol. The van der Waals surface area contributed by atoms with Gasteiger partial charge in [-0.05, 0) is 56.2 Å². The Morgan fingerprint density at radius 3 is 2.17 bits per heavy atom. The third-order valence-corrected chi connectivity index (χ3v) is 5.86. The van der Waals surface area contributed by atoms with Crippen LogP contribution >= 0.6 is 0 Å². The molecule has 0 spiro atoms. The fourth-order valence-corrected chi connectivity index (χ4v) is 4.23. The van der Waals surface area contributed by atoms with Crippen LogP contribution in [0.4, 0.5) is 5.69 Å². The van der Waals surface area contributed by atoms with Gasteiger partial charge in [0.1, 0.15) is 17.5 Å². The number of nitrogens with one attached hydrogen (secondary N) is 1. The smallest absolute Gasteiger partial charge is 0.244 e. The van der Waals surface area contributed by atoms with E-state index in [9.17, 15) is 13.2 Å². The second kappa shape index (κ2) is 9.17. The van der Waals surface area contributed by atoms with Gasteiger partial charge < -0.3 is 14.8 Å². The Morgan fingerprint density at radius 1 is 1.03 bits per heavy atom. The molecule has 0 radical (unpaired) electrons. The van der Waals surface area contributed by atoms with Crippen molar-refractivity contribution in [2.45, 2.75) is 32.9 Å². The molecule has 0 bridgehead atoms. The molecule has 0 heterocycles. The van der Waals surface area contributed by atoms with Crippen LogP contribution in [-0.4, -0.2) is 40.8 Å². The molecule has 7 nitrogen and oxygen atoms in total. The molecule has 0 aliphatic rings. The van der Waals surface area contributed by atoms with Gasteiger partial charge in [0.05, 0.1) is 32.2 Å². The van der Waals surface area contributed by atoms with Gasteiger partial charge in [-0.25, -0.2) is 8.42 Å². The largest absolute Gasteiger partial charge is 0.497 e. The number of hydrogen-bond acceptors (Lipinski definition) is 5. The van der Waals surface area contributed by atoms with Gasteiger partial charge in [-0.3, -0.25) is 9.10 Å². The van der Waals surface area contributed by atoms with E-state index in [0.29, 0.717) is 11.4 Å². The van der Waals surface area contributed by atoms with Crippen LogP contribution in [0, 0.1) is 6.92 Å². The maximum atomic E-state index is 12.9. The first kappa shape index (κ1) is 22.5. The maximum Gasteiger partial charge on any atom is 0.244 e. The second-order valence-electron chi connectivity index (χ2n) is 6.91. The van der Waals surface area contributed by atoms with Crippen LogP contribution in [-0.2, 0) is 14.8 Å². The third kappa shape index (κ3) is 5.41. The summed E-state index contributed by atoms with van der Waals surface area (Å²) in [6.07, 6.45) is 1.07. The van der Waals surface area contributed by atoms with Crippen LogP contribution in [0.5, 0.6) is 11.5 Å². The van der Waals surface area contributed by atoms with Crippen molar-refractivity contribution in [3.63, 3.8) is 0 Å². The molecule has 0 aromatic heterocycles. The number of aryl methyl sites for hydroxylation is 1. The lowest BCUT2D eigenvalue weighted by Crippen LogP contribution is -2.48. The average molecular weight is 421 g/mol. The molecular formula is C21H28N2O5S. The molecule has 0 fully saturated rings. The Hall–Kier alpha value is -2.74. The quantitative estimate of drug-likeness (QED) is 0.710. The first-order valence-corrected chi connectivity index (χ1v) is 11.0. The Labute approximate surface area is 172 Å². The number of anilines is 1. The van der Waals surface area contributed by atoms with Gasteiger partial charge in [0.25, 0.3) is 0 Å². The van der Waals surface area contributed by atoms with Crippen LogP contribution in [0.15, 0.2) is 42.5 Å². The maximum absolute atomic E-state index is 12.9. The van der Waals surface area contributed by atoms with Crippen molar-refractivity contribution in [2.75, 3.05) is 24.8 Å². The monoisotopic (exact) mass is 420 g/mol. The van der Waals surface area contributed by atoms with Crippen LogP contribution < -0.4 is 19.1 Å². The fourth-order valence-electron chi connectivity index (χ4n) is 3.06. The number of sulfonamides is 1. The lowest BCUT2D eigenvalue weighted by atomic mass is 10.1. The highest BCUT2D eigenvalue weighted by atomic mass is 32.2. The van der Waals surface area contributed by atoms with Crippen LogP contribution in [0.25, 0.3) is 0 Å². The van der Waals surface area contributed by atoms with E-state index in [4.69, 9.17) is 9.47 Å². The normalized spacial score (nSPS) is 13.3. The number of benzene rings is 2. The third-order valence-electron chi connectivity index (χ3n) is 4.63. The molecule has 0 unspecified atom stereocenters. The lowest BCUT2D eigenvalue weighted by molar-refractivity contribution is -0.122. The minimum atomic E-state index is -3.75. The predicted octanol–water partition coefficient (Wildman–Crippen LogP) is 3.04. The highest BCUT2D eigenvalue weighted by Gasteiger charge is 2.32. The van der Waals surface area contributed by atoms with Crippen molar-refractivity contribution in [3.05, 3.63) is 53.6 Å². The fraction of sp³-hybridized carbons (Fsp3) is 0.381. The van der Waals surface area contributed by atoms with Crippen molar-refractivity contribution >= 4 is 21.6 Å². The summed E-state index contributed by atoms with van der Waals surface area (Å²) in [5, 5.41) is 2.88. The molecule has 1 N–H and O–H groups in total. The Bertz CT molecular complexity index is 958. The van der Waals surface area contributed by atoms with E-state index in [1.807, 2.05) is 44.2 Å². The minimum Gasteiger partial charge on any atom is -0.497 e. The summed E-state index contributed by atoms with van der Waals surface area (Å²) in [6, 6.07) is 11.2. The number of carbonyl (C=O) groups is 1. The average Bonchev–Trinajstić information content (AvgIpc) is 2.67. The summed E-state index contributed by atoms with van der Waals surface area (Å²) in [5.41, 5.74) is 2.06. The summed E-state index contributed by atoms with van der Waals surface area (Å²) < 4.78 is 36.7. The Kier molecular flexibility index (Phi) is 7.13. The summed E-state index contributed by atoms with van der Waals surface area (Å²) in [7, 11) is -0.697. The van der Waals surface area contributed by atoms with Crippen LogP contribution in [0.1, 0.15) is 31.0 Å². The molecule has 2 aromatic rings. The van der Waals surface area contributed by atoms with E-state index in [1.54, 1.807) is 26.2 Å². The molecule has 0 aliphatic carbocycles. The zero-order chi connectivity index (χ0) is 21.8. The van der Waals surface area contributed by atoms with Crippen molar-refractivity contribution in [2.24, 2.45) is 0 Å². The molecule has 0 saturated carbocycles. The van der Waals surface area contributed by atoms with Gasteiger partial charge in [0, 0.05) is 0 Å². The Balaban J connectivity index is 2.30. The first-order valence-electron chi connectivity index (χ1n) is 9.16. The molecule has 2 rings (SSSR count). The molecule has 0 saturated heterocycles. The molecule has 2 atom stereocenters. The molecule has 1 amide bonds. The van der Waals surface area contributed by atoms with Gasteiger partial charge in [0.2, 0.25) is 15.9 Å². The molecule has 2 aromatic carbocycles. The molecule has 29 heavy (non-hydrogen) atoms. The molecule has 158 valence electrons. The SMILES string of the molecule is COc1ccc([C@H](C)NC(=O)[C@H](C)N(c2cc(C)ccc2OC)S(C)(=O)=O)cc1. The first-order chi connectivity index (χ1) is 13.6. The van der Waals surface area contributed by atoms with Gasteiger partial charge in [-0.15, -0.1) is 0 Å². The summed E-state index contributed by atoms with van der Waals surface area (Å²) in [5.74, 6) is 0.682. The van der Waals surface area contributed by atoms with Crippen molar-refractivity contribution in [1.29, 1.82) is 0 Å². The summed E-state index contributed by atoms with van der Waals surface area (Å²) in [4.78, 5) is 12.9. The van der Waals surface area contributed by atoms with Crippen molar-refractivity contribution < 1.29 is 22.7 Å². The van der Waals surface area contributed by atoms with Gasteiger partial charge in [-0.2, -0.15) is 0 Å². The number of hydrogen-bond donors (Lipinski definition) is 1. The van der Waals surface area contributed by atoms with Crippen LogP contribution in [0.2, 0.25) is 0 Å². The van der Waals surface area contributed by atoms with E-state index in [1.165, 1.54) is 7.11 Å². The number of ether oxygens (including phenoxy) is 2. The van der Waals surface area contributed by atoms with E-state index in [0.717, 1.165) is 27.4 Å². The van der Waals surface area contributed by atoms with Gasteiger partial charge in [0.15, 0.2) is 0 Å². The predicted molar refractivity (Wildman–Crippen MR) is 114 cm³/mol. The van der Waals surface area contributed by atoms with Gasteiger partial charge >= 0.3 is 0 Å². The highest BCUT2D eigenvalue weighted by Crippen LogP contribution is 2.32. The zero-order valence-electron chi connectivity index (χ0n) is 17.6. The van der Waals surface area contributed by atoms with E-state index >= 15 is 0 Å². The number of methoxy groups -OCH3 is 2. The van der Waals surface area contributed by atoms with Crippen molar-refractivity contribution in [3.8, 4) is 11.5 Å². The number of carbonyl (C=O) groups excluding carboxylic acids is 1. The van der Waals surface area contributed by atoms with E-state index < -0.39 is 22.0 Å². The molecule has 8 heteroatoms. The topological polar surface area (TPSA) is 84.9 Å². The summed E-state index contributed by atoms with van der Waals surface area (Å²) >= 11 is 0. The highest BCUT2D eigenvalue weighted by molar-refractivity contribution is 7.92. The number of nitrogens with zero attached hydrogens (tertiary/aromatic N) is 1. The van der Waals surface area contributed by atoms with Gasteiger partial charge in [-0.1, -0.05) is 18.2 Å². The van der Waals surface area contributed by atoms with E-state index in [2.05, 4.69) is 5.32 Å². The number of amides is 1. The standard InChI is InChI=1S/C21H28N2O5S/c1-14-7-12-20(28-5)19(13-14)23(29(6,25)26)16(3)21(24)22-15(2)17-8-10-18(27-4)11-9-17/h7-13,15-16H,1-6H3,(H,22,24)/t15-,16-/m0/s1. The lowest BCUT2D eigenvalue weighted by Gasteiger charge is -2.30. The summed E-state index contributed by atoms with van der Waals surface area (Å²) in [6.45, 7) is 5.24.